The Bertz CT molecular complexity index is 64.9. The Morgan fingerprint density at radius 3 is 2.00 bits per heavy atom. The Morgan fingerprint density at radius 2 is 1.75 bits per heavy atom. The number of hydrogen-bond donors (Lipinski definition) is 0. The van der Waals surface area contributed by atoms with Crippen LogP contribution in [0.1, 0.15) is 13.8 Å². The zero-order valence-electron chi connectivity index (χ0n) is 5.26. The van der Waals surface area contributed by atoms with Crippen molar-refractivity contribution in [1.29, 1.82) is 0 Å². The van der Waals surface area contributed by atoms with Gasteiger partial charge >= 0.3 is 0 Å². The van der Waals surface area contributed by atoms with Crippen LogP contribution in [0.3, 0.4) is 0 Å². The Balaban J connectivity index is 2.23. The third-order valence-electron chi connectivity index (χ3n) is 1.20. The van der Waals surface area contributed by atoms with Crippen molar-refractivity contribution in [3.05, 3.63) is 6.42 Å². The van der Waals surface area contributed by atoms with Gasteiger partial charge in [-0.05, 0) is 0 Å². The normalized spacial score (nSPS) is 38.8. The summed E-state index contributed by atoms with van der Waals surface area (Å²) in [6, 6.07) is 0. The second-order valence-electron chi connectivity index (χ2n) is 2.05. The van der Waals surface area contributed by atoms with Crippen LogP contribution in [0.4, 0.5) is 0 Å². The third-order valence-corrected chi connectivity index (χ3v) is 1.20. The van der Waals surface area contributed by atoms with Crippen LogP contribution in [0.15, 0.2) is 0 Å². The van der Waals surface area contributed by atoms with Crippen LogP contribution in [-0.4, -0.2) is 19.0 Å². The van der Waals surface area contributed by atoms with Crippen LogP contribution in [0, 0.1) is 6.42 Å². The smallest absolute Gasteiger partial charge is 0.199 e. The maximum absolute atomic E-state index is 5.07. The minimum atomic E-state index is 0.263. The van der Waals surface area contributed by atoms with Crippen molar-refractivity contribution in [1.82, 2.24) is 0 Å². The molecule has 2 atom stereocenters. The molecule has 0 N–H and O–H groups in total. The summed E-state index contributed by atoms with van der Waals surface area (Å²) in [5.41, 5.74) is 0. The first-order chi connectivity index (χ1) is 3.79. The van der Waals surface area contributed by atoms with E-state index in [9.17, 15) is 0 Å². The predicted octanol–water partition coefficient (Wildman–Crippen LogP) is 0.972. The monoisotopic (exact) mass is 115 g/mol. The molecule has 0 saturated carbocycles. The lowest BCUT2D eigenvalue weighted by molar-refractivity contribution is -0.134. The van der Waals surface area contributed by atoms with Gasteiger partial charge in [0.25, 0.3) is 0 Å². The van der Waals surface area contributed by atoms with E-state index in [4.69, 9.17) is 9.47 Å². The summed E-state index contributed by atoms with van der Waals surface area (Å²) in [6.45, 7) is 4.47. The standard InChI is InChI=1S/C6H11O2/c1-5-3-6(2)8-4-7-5/h3,5-6H,4H2,1-2H3/q+1. The van der Waals surface area contributed by atoms with E-state index in [0.717, 1.165) is 0 Å². The fraction of sp³-hybridized carbons (Fsp3) is 0.833. The molecule has 2 nitrogen and oxygen atoms in total. The van der Waals surface area contributed by atoms with E-state index < -0.39 is 0 Å². The molecule has 1 heterocycles. The van der Waals surface area contributed by atoms with Crippen LogP contribution in [0.2, 0.25) is 0 Å². The zero-order valence-corrected chi connectivity index (χ0v) is 5.26. The highest BCUT2D eigenvalue weighted by molar-refractivity contribution is 4.81. The fourth-order valence-electron chi connectivity index (χ4n) is 0.747. The fourth-order valence-corrected chi connectivity index (χ4v) is 0.747. The maximum atomic E-state index is 5.07. The average molecular weight is 115 g/mol. The largest absolute Gasteiger partial charge is 0.311 e. The molecule has 2 heteroatoms. The number of rotatable bonds is 0. The second kappa shape index (κ2) is 2.37. The number of ether oxygens (including phenoxy) is 2. The molecular formula is C6H11O2+. The van der Waals surface area contributed by atoms with Gasteiger partial charge in [0.1, 0.15) is 6.42 Å². The average Bonchev–Trinajstić information content (AvgIpc) is 1.64. The van der Waals surface area contributed by atoms with E-state index in [0.29, 0.717) is 6.79 Å². The highest BCUT2D eigenvalue weighted by atomic mass is 16.7. The first-order valence-corrected chi connectivity index (χ1v) is 2.87. The lowest BCUT2D eigenvalue weighted by Crippen LogP contribution is -2.27. The highest BCUT2D eigenvalue weighted by Crippen LogP contribution is 2.09. The van der Waals surface area contributed by atoms with Crippen molar-refractivity contribution >= 4 is 0 Å². The second-order valence-corrected chi connectivity index (χ2v) is 2.05. The quantitative estimate of drug-likeness (QED) is 0.438. The van der Waals surface area contributed by atoms with Gasteiger partial charge < -0.3 is 9.47 Å². The third kappa shape index (κ3) is 1.39. The molecule has 0 bridgehead atoms. The molecule has 0 spiro atoms. The van der Waals surface area contributed by atoms with Gasteiger partial charge in [-0.25, -0.2) is 0 Å². The SMILES string of the molecule is CC1[CH+]C(C)OCO1. The number of hydrogen-bond acceptors (Lipinski definition) is 2. The molecule has 1 rings (SSSR count). The zero-order chi connectivity index (χ0) is 5.98. The molecule has 1 fully saturated rings. The van der Waals surface area contributed by atoms with E-state index >= 15 is 0 Å². The Labute approximate surface area is 49.8 Å². The molecule has 2 unspecified atom stereocenters. The summed E-state index contributed by atoms with van der Waals surface area (Å²) in [4.78, 5) is 0. The van der Waals surface area contributed by atoms with Gasteiger partial charge in [0, 0.05) is 13.8 Å². The van der Waals surface area contributed by atoms with Crippen molar-refractivity contribution in [2.75, 3.05) is 6.79 Å². The minimum absolute atomic E-state index is 0.263. The van der Waals surface area contributed by atoms with Gasteiger partial charge in [-0.2, -0.15) is 0 Å². The van der Waals surface area contributed by atoms with Crippen LogP contribution in [0.25, 0.3) is 0 Å². The molecule has 0 aromatic heterocycles. The van der Waals surface area contributed by atoms with E-state index in [1.54, 1.807) is 0 Å². The van der Waals surface area contributed by atoms with Crippen molar-refractivity contribution in [3.8, 4) is 0 Å². The van der Waals surface area contributed by atoms with Gasteiger partial charge in [0.15, 0.2) is 19.0 Å². The molecule has 0 aromatic carbocycles. The molecule has 1 aliphatic rings. The van der Waals surface area contributed by atoms with Crippen molar-refractivity contribution < 1.29 is 9.47 Å². The lowest BCUT2D eigenvalue weighted by atomic mass is 10.2. The van der Waals surface area contributed by atoms with Crippen molar-refractivity contribution in [2.24, 2.45) is 0 Å². The highest BCUT2D eigenvalue weighted by Gasteiger charge is 2.24. The van der Waals surface area contributed by atoms with Gasteiger partial charge in [-0.1, -0.05) is 0 Å². The minimum Gasteiger partial charge on any atom is -0.311 e. The first-order valence-electron chi connectivity index (χ1n) is 2.87. The summed E-state index contributed by atoms with van der Waals surface area (Å²) in [5.74, 6) is 0. The molecular weight excluding hydrogens is 104 g/mol. The van der Waals surface area contributed by atoms with Gasteiger partial charge in [0.05, 0.1) is 0 Å². The Morgan fingerprint density at radius 1 is 1.25 bits per heavy atom. The summed E-state index contributed by atoms with van der Waals surface area (Å²) < 4.78 is 10.1. The van der Waals surface area contributed by atoms with Crippen molar-refractivity contribution in [2.45, 2.75) is 26.1 Å². The maximum Gasteiger partial charge on any atom is 0.199 e. The molecule has 0 aromatic rings. The topological polar surface area (TPSA) is 18.5 Å². The Hall–Kier alpha value is -0.210. The van der Waals surface area contributed by atoms with E-state index in [2.05, 4.69) is 0 Å². The van der Waals surface area contributed by atoms with Crippen LogP contribution < -0.4 is 0 Å². The summed E-state index contributed by atoms with van der Waals surface area (Å²) in [5, 5.41) is 0. The van der Waals surface area contributed by atoms with Crippen LogP contribution >= 0.6 is 0 Å². The van der Waals surface area contributed by atoms with Crippen molar-refractivity contribution in [3.63, 3.8) is 0 Å². The Kier molecular flexibility index (Phi) is 1.76. The van der Waals surface area contributed by atoms with Gasteiger partial charge in [0.2, 0.25) is 0 Å². The molecule has 8 heavy (non-hydrogen) atoms. The lowest BCUT2D eigenvalue weighted by Gasteiger charge is -2.15. The van der Waals surface area contributed by atoms with E-state index in [1.165, 1.54) is 0 Å². The molecule has 46 valence electrons. The molecule has 0 radical (unpaired) electrons. The molecule has 0 aliphatic carbocycles. The summed E-state index contributed by atoms with van der Waals surface area (Å²) in [6.07, 6.45) is 2.56. The first kappa shape index (κ1) is 5.92. The molecule has 1 saturated heterocycles. The van der Waals surface area contributed by atoms with Crippen LogP contribution in [0.5, 0.6) is 0 Å². The van der Waals surface area contributed by atoms with E-state index in [1.807, 2.05) is 20.3 Å². The summed E-state index contributed by atoms with van der Waals surface area (Å²) >= 11 is 0. The molecule has 0 amide bonds. The van der Waals surface area contributed by atoms with Gasteiger partial charge in [-0.3, -0.25) is 0 Å². The van der Waals surface area contributed by atoms with E-state index in [-0.39, 0.29) is 12.2 Å². The summed E-state index contributed by atoms with van der Waals surface area (Å²) in [7, 11) is 0. The molecule has 1 aliphatic heterocycles. The van der Waals surface area contributed by atoms with Gasteiger partial charge in [-0.15, -0.1) is 0 Å². The predicted molar refractivity (Wildman–Crippen MR) is 30.3 cm³/mol. The van der Waals surface area contributed by atoms with Crippen LogP contribution in [-0.2, 0) is 9.47 Å².